The standard InChI is InChI=1S/C30H30N6O6/c1-6-39-26-16-20(14-15-22(26)21-10-7-8-11-23(21)28-32-34-35-33-28)36-18(4)31-25-13-9-12-24(27(25)36)29(37)41-19(5)42-30(38)40-17(2)3/h7-17,19H,6H2,1-5H3,(H,32,33,34,35). The number of aryl methyl sites for hydroxylation is 1. The zero-order valence-corrected chi connectivity index (χ0v) is 23.8. The van der Waals surface area contributed by atoms with Gasteiger partial charge in [0, 0.05) is 24.1 Å². The normalized spacial score (nSPS) is 11.9. The predicted octanol–water partition coefficient (Wildman–Crippen LogP) is 5.64. The average molecular weight is 571 g/mol. The molecule has 5 rings (SSSR count). The van der Waals surface area contributed by atoms with Crippen LogP contribution in [0.2, 0.25) is 0 Å². The Hall–Kier alpha value is -5.26. The van der Waals surface area contributed by atoms with Gasteiger partial charge in [-0.3, -0.25) is 4.57 Å². The molecule has 0 saturated carbocycles. The molecule has 0 fully saturated rings. The van der Waals surface area contributed by atoms with Crippen LogP contribution in [0, 0.1) is 6.92 Å². The monoisotopic (exact) mass is 570 g/mol. The summed E-state index contributed by atoms with van der Waals surface area (Å²) in [5.74, 6) is 1.13. The van der Waals surface area contributed by atoms with E-state index < -0.39 is 18.4 Å². The third-order valence-electron chi connectivity index (χ3n) is 6.27. The number of hydrogen-bond acceptors (Lipinski definition) is 10. The number of hydrogen-bond donors (Lipinski definition) is 1. The molecule has 0 amide bonds. The molecule has 0 radical (unpaired) electrons. The quantitative estimate of drug-likeness (QED) is 0.174. The zero-order chi connectivity index (χ0) is 29.8. The highest BCUT2D eigenvalue weighted by Gasteiger charge is 2.23. The van der Waals surface area contributed by atoms with E-state index in [0.29, 0.717) is 35.0 Å². The van der Waals surface area contributed by atoms with E-state index in [9.17, 15) is 9.59 Å². The van der Waals surface area contributed by atoms with Crippen LogP contribution in [0.1, 0.15) is 43.9 Å². The second kappa shape index (κ2) is 12.1. The zero-order valence-electron chi connectivity index (χ0n) is 23.8. The number of benzene rings is 3. The van der Waals surface area contributed by atoms with Gasteiger partial charge in [-0.2, -0.15) is 0 Å². The first kappa shape index (κ1) is 28.3. The van der Waals surface area contributed by atoms with Crippen molar-refractivity contribution in [2.24, 2.45) is 0 Å². The fraction of sp³-hybridized carbons (Fsp3) is 0.267. The summed E-state index contributed by atoms with van der Waals surface area (Å²) in [6, 6.07) is 18.7. The Morgan fingerprint density at radius 1 is 0.929 bits per heavy atom. The van der Waals surface area contributed by atoms with Crippen LogP contribution >= 0.6 is 0 Å². The number of aromatic nitrogens is 6. The summed E-state index contributed by atoms with van der Waals surface area (Å²) in [5.41, 5.74) is 4.66. The summed E-state index contributed by atoms with van der Waals surface area (Å²) in [7, 11) is 0. The van der Waals surface area contributed by atoms with Gasteiger partial charge in [-0.1, -0.05) is 30.3 Å². The highest BCUT2D eigenvalue weighted by Crippen LogP contribution is 2.38. The van der Waals surface area contributed by atoms with Gasteiger partial charge in [-0.25, -0.2) is 19.7 Å². The van der Waals surface area contributed by atoms with Gasteiger partial charge in [-0.05, 0) is 68.0 Å². The van der Waals surface area contributed by atoms with Crippen molar-refractivity contribution in [2.75, 3.05) is 6.61 Å². The SMILES string of the molecule is CCOc1cc(-n2c(C)nc3cccc(C(=O)OC(C)OC(=O)OC(C)C)c32)ccc1-c1ccccc1-c1nnn[nH]1. The summed E-state index contributed by atoms with van der Waals surface area (Å²) in [4.78, 5) is 29.8. The number of fused-ring (bicyclic) bond motifs is 1. The van der Waals surface area contributed by atoms with Crippen LogP contribution in [0.15, 0.2) is 60.7 Å². The molecule has 1 N–H and O–H groups in total. The van der Waals surface area contributed by atoms with Gasteiger partial charge in [0.2, 0.25) is 6.29 Å². The number of nitrogens with zero attached hydrogens (tertiary/aromatic N) is 5. The van der Waals surface area contributed by atoms with Crippen molar-refractivity contribution in [2.45, 2.75) is 47.0 Å². The van der Waals surface area contributed by atoms with E-state index >= 15 is 0 Å². The molecule has 0 aliphatic carbocycles. The fourth-order valence-corrected chi connectivity index (χ4v) is 4.66. The maximum absolute atomic E-state index is 13.3. The molecule has 1 unspecified atom stereocenters. The number of aromatic amines is 1. The number of carbonyl (C=O) groups excluding carboxylic acids is 2. The topological polar surface area (TPSA) is 143 Å². The number of H-pyrrole nitrogens is 1. The minimum Gasteiger partial charge on any atom is -0.493 e. The molecule has 3 aromatic carbocycles. The third kappa shape index (κ3) is 5.78. The number of esters is 1. The lowest BCUT2D eigenvalue weighted by Crippen LogP contribution is -2.24. The van der Waals surface area contributed by atoms with Gasteiger partial charge in [0.1, 0.15) is 11.6 Å². The van der Waals surface area contributed by atoms with Gasteiger partial charge in [0.25, 0.3) is 0 Å². The second-order valence-electron chi connectivity index (χ2n) is 9.58. The predicted molar refractivity (Wildman–Crippen MR) is 153 cm³/mol. The lowest BCUT2D eigenvalue weighted by molar-refractivity contribution is -0.0865. The highest BCUT2D eigenvalue weighted by atomic mass is 16.8. The first-order valence-electron chi connectivity index (χ1n) is 13.4. The number of tetrazole rings is 1. The molecule has 0 saturated heterocycles. The molecule has 5 aromatic rings. The van der Waals surface area contributed by atoms with Crippen molar-refractivity contribution >= 4 is 23.2 Å². The van der Waals surface area contributed by atoms with Crippen molar-refractivity contribution in [1.29, 1.82) is 0 Å². The Labute approximate surface area is 241 Å². The van der Waals surface area contributed by atoms with Crippen LogP contribution in [0.3, 0.4) is 0 Å². The molecule has 0 spiro atoms. The molecule has 0 aliphatic heterocycles. The minimum atomic E-state index is -1.17. The minimum absolute atomic E-state index is 0.256. The molecule has 42 heavy (non-hydrogen) atoms. The van der Waals surface area contributed by atoms with Crippen molar-refractivity contribution in [3.63, 3.8) is 0 Å². The van der Waals surface area contributed by atoms with Crippen LogP contribution in [-0.4, -0.2) is 61.3 Å². The number of imidazole rings is 1. The first-order valence-corrected chi connectivity index (χ1v) is 13.4. The Morgan fingerprint density at radius 2 is 1.71 bits per heavy atom. The smallest absolute Gasteiger partial charge is 0.493 e. The van der Waals surface area contributed by atoms with Gasteiger partial charge < -0.3 is 18.9 Å². The van der Waals surface area contributed by atoms with Gasteiger partial charge in [0.05, 0.1) is 35.0 Å². The van der Waals surface area contributed by atoms with Crippen molar-refractivity contribution < 1.29 is 28.5 Å². The van der Waals surface area contributed by atoms with Crippen LogP contribution in [-0.2, 0) is 14.2 Å². The van der Waals surface area contributed by atoms with Gasteiger partial charge in [0.15, 0.2) is 5.82 Å². The molecule has 12 nitrogen and oxygen atoms in total. The molecule has 216 valence electrons. The van der Waals surface area contributed by atoms with Crippen molar-refractivity contribution in [1.82, 2.24) is 30.2 Å². The first-order chi connectivity index (χ1) is 20.3. The summed E-state index contributed by atoms with van der Waals surface area (Å²) in [6.07, 6.45) is -2.46. The molecule has 2 heterocycles. The van der Waals surface area contributed by atoms with E-state index in [1.165, 1.54) is 6.92 Å². The lowest BCUT2D eigenvalue weighted by atomic mass is 9.98. The number of rotatable bonds is 9. The Balaban J connectivity index is 1.55. The molecule has 12 heteroatoms. The molecular weight excluding hydrogens is 540 g/mol. The van der Waals surface area contributed by atoms with Crippen LogP contribution in [0.5, 0.6) is 5.75 Å². The summed E-state index contributed by atoms with van der Waals surface area (Å²) >= 11 is 0. The van der Waals surface area contributed by atoms with E-state index in [1.807, 2.05) is 66.9 Å². The van der Waals surface area contributed by atoms with Crippen molar-refractivity contribution in [3.05, 3.63) is 72.1 Å². The fourth-order valence-electron chi connectivity index (χ4n) is 4.66. The van der Waals surface area contributed by atoms with E-state index in [2.05, 4.69) is 25.6 Å². The van der Waals surface area contributed by atoms with Gasteiger partial charge >= 0.3 is 12.1 Å². The second-order valence-corrected chi connectivity index (χ2v) is 9.58. The van der Waals surface area contributed by atoms with E-state index in [-0.39, 0.29) is 11.7 Å². The molecule has 0 aliphatic rings. The van der Waals surface area contributed by atoms with E-state index in [1.54, 1.807) is 26.0 Å². The summed E-state index contributed by atoms with van der Waals surface area (Å²) in [6.45, 7) is 9.03. The Morgan fingerprint density at radius 3 is 2.43 bits per heavy atom. The molecule has 1 atom stereocenters. The number of para-hydroxylation sites is 1. The largest absolute Gasteiger partial charge is 0.511 e. The average Bonchev–Trinajstić information content (AvgIpc) is 3.60. The maximum Gasteiger partial charge on any atom is 0.511 e. The molecule has 2 aromatic heterocycles. The number of ether oxygens (including phenoxy) is 4. The number of nitrogens with one attached hydrogen (secondary N) is 1. The Bertz CT molecular complexity index is 1730. The third-order valence-corrected chi connectivity index (χ3v) is 6.27. The van der Waals surface area contributed by atoms with Crippen LogP contribution < -0.4 is 4.74 Å². The van der Waals surface area contributed by atoms with E-state index in [4.69, 9.17) is 18.9 Å². The molecular formula is C30H30N6O6. The van der Waals surface area contributed by atoms with Gasteiger partial charge in [-0.15, -0.1) is 5.10 Å². The highest BCUT2D eigenvalue weighted by molar-refractivity contribution is 6.03. The number of carbonyl (C=O) groups is 2. The Kier molecular flexibility index (Phi) is 8.14. The summed E-state index contributed by atoms with van der Waals surface area (Å²) < 4.78 is 23.4. The molecule has 0 bridgehead atoms. The lowest BCUT2D eigenvalue weighted by Gasteiger charge is -2.17. The summed E-state index contributed by atoms with van der Waals surface area (Å²) in [5, 5.41) is 14.3. The maximum atomic E-state index is 13.3. The van der Waals surface area contributed by atoms with E-state index in [0.717, 1.165) is 22.4 Å². The van der Waals surface area contributed by atoms with Crippen LogP contribution in [0.25, 0.3) is 39.2 Å². The van der Waals surface area contributed by atoms with Crippen LogP contribution in [0.4, 0.5) is 4.79 Å². The van der Waals surface area contributed by atoms with Crippen molar-refractivity contribution in [3.8, 4) is 34.0 Å².